The van der Waals surface area contributed by atoms with E-state index in [0.717, 1.165) is 14.7 Å². The lowest BCUT2D eigenvalue weighted by Crippen LogP contribution is -2.43. The second-order valence-corrected chi connectivity index (χ2v) is 10.6. The zero-order valence-electron chi connectivity index (χ0n) is 18.0. The minimum Gasteiger partial charge on any atom is -0.383 e. The second-order valence-electron chi connectivity index (χ2n) is 7.24. The van der Waals surface area contributed by atoms with E-state index in [1.165, 1.54) is 54.8 Å². The number of hydrogen-bond donors (Lipinski definition) is 0. The van der Waals surface area contributed by atoms with Gasteiger partial charge >= 0.3 is 0 Å². The summed E-state index contributed by atoms with van der Waals surface area (Å²) < 4.78 is 46.0. The van der Waals surface area contributed by atoms with Crippen LogP contribution in [0.2, 0.25) is 5.02 Å². The highest BCUT2D eigenvalue weighted by Gasteiger charge is 2.28. The molecular weight excluding hydrogens is 487 g/mol. The summed E-state index contributed by atoms with van der Waals surface area (Å²) in [5.74, 6) is -0.740. The van der Waals surface area contributed by atoms with Crippen molar-refractivity contribution in [3.8, 4) is 0 Å². The van der Waals surface area contributed by atoms with Crippen LogP contribution in [0.5, 0.6) is 0 Å². The van der Waals surface area contributed by atoms with Gasteiger partial charge in [0.15, 0.2) is 0 Å². The molecule has 33 heavy (non-hydrogen) atoms. The van der Waals surface area contributed by atoms with Crippen LogP contribution in [0.15, 0.2) is 70.9 Å². The van der Waals surface area contributed by atoms with Crippen LogP contribution in [0, 0.1) is 5.82 Å². The monoisotopic (exact) mass is 510 g/mol. The van der Waals surface area contributed by atoms with E-state index >= 15 is 0 Å². The van der Waals surface area contributed by atoms with E-state index in [-0.39, 0.29) is 42.9 Å². The van der Waals surface area contributed by atoms with Crippen molar-refractivity contribution >= 4 is 38.9 Å². The van der Waals surface area contributed by atoms with Crippen LogP contribution in [0.4, 0.5) is 4.39 Å². The number of sulfonamides is 1. The fourth-order valence-electron chi connectivity index (χ4n) is 3.12. The van der Waals surface area contributed by atoms with Crippen LogP contribution < -0.4 is 0 Å². The second kappa shape index (κ2) is 11.7. The van der Waals surface area contributed by atoms with Crippen molar-refractivity contribution in [3.63, 3.8) is 0 Å². The van der Waals surface area contributed by atoms with Gasteiger partial charge in [-0.05, 0) is 53.4 Å². The van der Waals surface area contributed by atoms with Crippen LogP contribution >= 0.6 is 22.9 Å². The highest BCUT2D eigenvalue weighted by Crippen LogP contribution is 2.20. The number of nitrogens with zero attached hydrogens (tertiary/aromatic N) is 2. The summed E-state index contributed by atoms with van der Waals surface area (Å²) in [6.07, 6.45) is 0. The molecule has 1 heterocycles. The number of hydrogen-bond acceptors (Lipinski definition) is 5. The van der Waals surface area contributed by atoms with Crippen LogP contribution in [-0.4, -0.2) is 50.3 Å². The molecule has 3 rings (SSSR count). The van der Waals surface area contributed by atoms with Crippen molar-refractivity contribution in [2.45, 2.75) is 18.0 Å². The van der Waals surface area contributed by atoms with Gasteiger partial charge in [0.25, 0.3) is 0 Å². The molecule has 0 fully saturated rings. The van der Waals surface area contributed by atoms with Crippen LogP contribution in [0.3, 0.4) is 0 Å². The number of methoxy groups -OCH3 is 1. The first-order chi connectivity index (χ1) is 15.8. The Morgan fingerprint density at radius 1 is 1.06 bits per heavy atom. The third-order valence-corrected chi connectivity index (χ3v) is 7.85. The molecule has 0 bridgehead atoms. The summed E-state index contributed by atoms with van der Waals surface area (Å²) in [5.41, 5.74) is 0.741. The summed E-state index contributed by atoms with van der Waals surface area (Å²) in [7, 11) is -2.49. The van der Waals surface area contributed by atoms with E-state index in [9.17, 15) is 17.6 Å². The Morgan fingerprint density at radius 2 is 1.76 bits per heavy atom. The maximum atomic E-state index is 13.3. The molecule has 2 aromatic carbocycles. The lowest BCUT2D eigenvalue weighted by Gasteiger charge is -2.27. The van der Waals surface area contributed by atoms with E-state index in [1.807, 2.05) is 17.5 Å². The van der Waals surface area contributed by atoms with Gasteiger partial charge in [-0.25, -0.2) is 12.8 Å². The standard InChI is InChI=1S/C23H24ClFN2O4S2/c1-31-13-12-27(33(29,30)22-10-6-19(24)7-11-22)17-23(28)26(16-21-3-2-14-32-21)15-18-4-8-20(25)9-5-18/h2-11,14H,12-13,15-17H2,1H3. The number of ether oxygens (including phenoxy) is 1. The molecule has 176 valence electrons. The zero-order valence-corrected chi connectivity index (χ0v) is 20.4. The van der Waals surface area contributed by atoms with Crippen molar-refractivity contribution in [2.75, 3.05) is 26.8 Å². The Balaban J connectivity index is 1.85. The smallest absolute Gasteiger partial charge is 0.243 e. The average Bonchev–Trinajstić information content (AvgIpc) is 3.31. The molecule has 0 aliphatic rings. The number of benzene rings is 2. The summed E-state index contributed by atoms with van der Waals surface area (Å²) >= 11 is 7.39. The quantitative estimate of drug-likeness (QED) is 0.383. The topological polar surface area (TPSA) is 66.9 Å². The van der Waals surface area contributed by atoms with Crippen LogP contribution in [0.1, 0.15) is 10.4 Å². The maximum Gasteiger partial charge on any atom is 0.243 e. The third kappa shape index (κ3) is 7.09. The number of carbonyl (C=O) groups excluding carboxylic acids is 1. The molecule has 0 spiro atoms. The lowest BCUT2D eigenvalue weighted by molar-refractivity contribution is -0.132. The van der Waals surface area contributed by atoms with Gasteiger partial charge in [0.05, 0.1) is 24.6 Å². The fraction of sp³-hybridized carbons (Fsp3) is 0.261. The molecule has 6 nitrogen and oxygen atoms in total. The summed E-state index contributed by atoms with van der Waals surface area (Å²) in [6, 6.07) is 15.5. The van der Waals surface area contributed by atoms with Crippen molar-refractivity contribution < 1.29 is 22.3 Å². The fourth-order valence-corrected chi connectivity index (χ4v) is 5.34. The zero-order chi connectivity index (χ0) is 23.8. The summed E-state index contributed by atoms with van der Waals surface area (Å²) in [4.78, 5) is 15.9. The number of carbonyl (C=O) groups is 1. The summed E-state index contributed by atoms with van der Waals surface area (Å²) in [5, 5.41) is 2.32. The molecule has 0 radical (unpaired) electrons. The van der Waals surface area contributed by atoms with Crippen LogP contribution in [0.25, 0.3) is 0 Å². The molecule has 0 saturated carbocycles. The highest BCUT2D eigenvalue weighted by molar-refractivity contribution is 7.89. The Morgan fingerprint density at radius 3 is 2.36 bits per heavy atom. The van der Waals surface area contributed by atoms with Crippen molar-refractivity contribution in [1.82, 2.24) is 9.21 Å². The summed E-state index contributed by atoms with van der Waals surface area (Å²) in [6.45, 7) is 0.309. The molecule has 1 amide bonds. The first-order valence-corrected chi connectivity index (χ1v) is 12.8. The molecule has 0 saturated heterocycles. The molecule has 0 N–H and O–H groups in total. The van der Waals surface area contributed by atoms with Gasteiger partial charge in [-0.2, -0.15) is 4.31 Å². The predicted molar refractivity (Wildman–Crippen MR) is 127 cm³/mol. The Bertz CT molecular complexity index is 1140. The highest BCUT2D eigenvalue weighted by atomic mass is 35.5. The van der Waals surface area contributed by atoms with Crippen molar-refractivity contribution in [3.05, 3.63) is 87.3 Å². The number of halogens is 2. The third-order valence-electron chi connectivity index (χ3n) is 4.87. The van der Waals surface area contributed by atoms with Crippen molar-refractivity contribution in [2.24, 2.45) is 0 Å². The maximum absolute atomic E-state index is 13.3. The van der Waals surface area contributed by atoms with Gasteiger partial charge in [0.2, 0.25) is 15.9 Å². The van der Waals surface area contributed by atoms with E-state index in [2.05, 4.69) is 0 Å². The SMILES string of the molecule is COCCN(CC(=O)N(Cc1ccc(F)cc1)Cc1cccs1)S(=O)(=O)c1ccc(Cl)cc1. The van der Waals surface area contributed by atoms with Crippen molar-refractivity contribution in [1.29, 1.82) is 0 Å². The predicted octanol–water partition coefficient (Wildman–Crippen LogP) is 4.41. The molecule has 1 aromatic heterocycles. The molecular formula is C23H24ClFN2O4S2. The minimum atomic E-state index is -3.96. The molecule has 0 unspecified atom stereocenters. The number of thiophene rings is 1. The minimum absolute atomic E-state index is 0.0105. The molecule has 3 aromatic rings. The average molecular weight is 511 g/mol. The lowest BCUT2D eigenvalue weighted by atomic mass is 10.2. The Hall–Kier alpha value is -2.30. The van der Waals surface area contributed by atoms with Gasteiger partial charge < -0.3 is 9.64 Å². The van der Waals surface area contributed by atoms with E-state index in [0.29, 0.717) is 11.6 Å². The molecule has 10 heteroatoms. The number of amides is 1. The van der Waals surface area contributed by atoms with Gasteiger partial charge in [0.1, 0.15) is 5.82 Å². The van der Waals surface area contributed by atoms with E-state index < -0.39 is 10.0 Å². The normalized spacial score (nSPS) is 11.6. The first-order valence-electron chi connectivity index (χ1n) is 10.1. The van der Waals surface area contributed by atoms with Gasteiger partial charge in [-0.1, -0.05) is 29.8 Å². The number of rotatable bonds is 11. The van der Waals surface area contributed by atoms with Gasteiger partial charge in [-0.15, -0.1) is 11.3 Å². The Kier molecular flexibility index (Phi) is 8.99. The van der Waals surface area contributed by atoms with E-state index in [4.69, 9.17) is 16.3 Å². The van der Waals surface area contributed by atoms with E-state index in [1.54, 1.807) is 17.0 Å². The largest absolute Gasteiger partial charge is 0.383 e. The molecule has 0 aliphatic carbocycles. The Labute approximate surface area is 202 Å². The van der Waals surface area contributed by atoms with Gasteiger partial charge in [-0.3, -0.25) is 4.79 Å². The van der Waals surface area contributed by atoms with Gasteiger partial charge in [0, 0.05) is 30.1 Å². The molecule has 0 aliphatic heterocycles. The molecule has 0 atom stereocenters. The first kappa shape index (κ1) is 25.3. The van der Waals surface area contributed by atoms with Crippen LogP contribution in [-0.2, 0) is 32.6 Å².